The maximum Gasteiger partial charge on any atom is 0.267 e. The van der Waals surface area contributed by atoms with Gasteiger partial charge in [-0.1, -0.05) is 17.7 Å². The van der Waals surface area contributed by atoms with Crippen LogP contribution in [0.3, 0.4) is 0 Å². The number of aryl methyl sites for hydroxylation is 2. The van der Waals surface area contributed by atoms with Crippen LogP contribution >= 0.6 is 0 Å². The molecule has 3 rings (SSSR count). The van der Waals surface area contributed by atoms with Crippen LogP contribution in [0.25, 0.3) is 0 Å². The first kappa shape index (κ1) is 16.2. The number of aromatic nitrogens is 1. The summed E-state index contributed by atoms with van der Waals surface area (Å²) in [5, 5.41) is 0. The van der Waals surface area contributed by atoms with Gasteiger partial charge in [0.05, 0.1) is 4.90 Å². The molecule has 0 spiro atoms. The number of hydrogen-bond acceptors (Lipinski definition) is 2. The van der Waals surface area contributed by atoms with E-state index >= 15 is 0 Å². The Kier molecular flexibility index (Phi) is 3.83. The lowest BCUT2D eigenvalue weighted by Gasteiger charge is -2.28. The molecule has 1 unspecified atom stereocenters. The molecular weight excluding hydrogens is 320 g/mol. The molecule has 1 atom stereocenters. The summed E-state index contributed by atoms with van der Waals surface area (Å²) >= 11 is 0. The highest BCUT2D eigenvalue weighted by atomic mass is 32.2. The van der Waals surface area contributed by atoms with Gasteiger partial charge < -0.3 is 0 Å². The molecule has 124 valence electrons. The molecule has 0 saturated heterocycles. The quantitative estimate of drug-likeness (QED) is 0.853. The summed E-state index contributed by atoms with van der Waals surface area (Å²) in [5.41, 5.74) is 2.30. The largest absolute Gasteiger partial charge is 0.267 e. The van der Waals surface area contributed by atoms with Crippen LogP contribution < -0.4 is 0 Å². The Bertz CT molecular complexity index is 817. The lowest BCUT2D eigenvalue weighted by molar-refractivity contribution is -0.0449. The van der Waals surface area contributed by atoms with Crippen molar-refractivity contribution in [1.82, 2.24) is 3.97 Å². The Balaban J connectivity index is 2.03. The van der Waals surface area contributed by atoms with E-state index in [4.69, 9.17) is 0 Å². The molecule has 1 aromatic heterocycles. The standard InChI is InChI=1S/C17H19F2NO2S/c1-12-3-7-15(8-4-12)23(21,22)20-10-9-13-5-6-14(11-16(13)20)17(2,18)19/h3-4,7-10,14H,5-6,11H2,1-2H3. The van der Waals surface area contributed by atoms with E-state index in [0.717, 1.165) is 18.1 Å². The predicted octanol–water partition coefficient (Wildman–Crippen LogP) is 3.79. The predicted molar refractivity (Wildman–Crippen MR) is 84.3 cm³/mol. The monoisotopic (exact) mass is 339 g/mol. The highest BCUT2D eigenvalue weighted by Gasteiger charge is 2.38. The van der Waals surface area contributed by atoms with Gasteiger partial charge in [-0.15, -0.1) is 0 Å². The average Bonchev–Trinajstić information content (AvgIpc) is 2.90. The molecule has 0 fully saturated rings. The van der Waals surface area contributed by atoms with Crippen molar-refractivity contribution in [3.8, 4) is 0 Å². The molecule has 0 radical (unpaired) electrons. The number of benzene rings is 1. The van der Waals surface area contributed by atoms with E-state index in [1.165, 1.54) is 10.2 Å². The summed E-state index contributed by atoms with van der Waals surface area (Å²) in [4.78, 5) is 0.173. The van der Waals surface area contributed by atoms with Crippen LogP contribution in [0.15, 0.2) is 41.4 Å². The van der Waals surface area contributed by atoms with Gasteiger partial charge in [-0.3, -0.25) is 0 Å². The van der Waals surface area contributed by atoms with E-state index < -0.39 is 21.9 Å². The summed E-state index contributed by atoms with van der Waals surface area (Å²) in [5.74, 6) is -3.63. The molecule has 23 heavy (non-hydrogen) atoms. The van der Waals surface area contributed by atoms with Crippen LogP contribution in [0.5, 0.6) is 0 Å². The third-order valence-corrected chi connectivity index (χ3v) is 6.27. The Hall–Kier alpha value is -1.69. The fraction of sp³-hybridized carbons (Fsp3) is 0.412. The van der Waals surface area contributed by atoms with Gasteiger partial charge in [-0.05, 0) is 56.9 Å². The molecular formula is C17H19F2NO2S. The first-order valence-electron chi connectivity index (χ1n) is 7.59. The molecule has 0 bridgehead atoms. The van der Waals surface area contributed by atoms with E-state index in [1.54, 1.807) is 30.3 Å². The molecule has 0 aliphatic heterocycles. The van der Waals surface area contributed by atoms with E-state index in [0.29, 0.717) is 18.5 Å². The molecule has 3 nitrogen and oxygen atoms in total. The first-order chi connectivity index (χ1) is 10.7. The Morgan fingerprint density at radius 2 is 1.83 bits per heavy atom. The maximum absolute atomic E-state index is 13.6. The molecule has 2 aromatic rings. The topological polar surface area (TPSA) is 39.1 Å². The normalized spacial score (nSPS) is 18.7. The highest BCUT2D eigenvalue weighted by Crippen LogP contribution is 2.37. The SMILES string of the molecule is Cc1ccc(S(=O)(=O)n2ccc3c2CC(C(C)(F)F)CC3)cc1. The fourth-order valence-corrected chi connectivity index (χ4v) is 4.49. The molecule has 0 saturated carbocycles. The van der Waals surface area contributed by atoms with E-state index in [1.807, 2.05) is 6.92 Å². The minimum Gasteiger partial charge on any atom is -0.246 e. The summed E-state index contributed by atoms with van der Waals surface area (Å²) < 4.78 is 54.1. The second kappa shape index (κ2) is 5.44. The van der Waals surface area contributed by atoms with Crippen molar-refractivity contribution >= 4 is 10.0 Å². The van der Waals surface area contributed by atoms with Gasteiger partial charge in [0.15, 0.2) is 0 Å². The Labute approximate surface area is 135 Å². The minimum atomic E-state index is -3.75. The molecule has 1 heterocycles. The minimum absolute atomic E-state index is 0.0803. The van der Waals surface area contributed by atoms with Crippen LogP contribution in [0, 0.1) is 12.8 Å². The van der Waals surface area contributed by atoms with Gasteiger partial charge in [-0.2, -0.15) is 0 Å². The third-order valence-electron chi connectivity index (χ3n) is 4.54. The number of nitrogens with zero attached hydrogens (tertiary/aromatic N) is 1. The van der Waals surface area contributed by atoms with Gasteiger partial charge in [0.1, 0.15) is 0 Å². The first-order valence-corrected chi connectivity index (χ1v) is 9.03. The van der Waals surface area contributed by atoms with Crippen LogP contribution in [0.2, 0.25) is 0 Å². The zero-order valence-corrected chi connectivity index (χ0v) is 13.9. The fourth-order valence-electron chi connectivity index (χ4n) is 3.08. The van der Waals surface area contributed by atoms with Crippen LogP contribution in [0.4, 0.5) is 8.78 Å². The van der Waals surface area contributed by atoms with Crippen LogP contribution in [-0.4, -0.2) is 18.3 Å². The van der Waals surface area contributed by atoms with Crippen molar-refractivity contribution < 1.29 is 17.2 Å². The van der Waals surface area contributed by atoms with Gasteiger partial charge in [-0.25, -0.2) is 21.2 Å². The smallest absolute Gasteiger partial charge is 0.246 e. The number of alkyl halides is 2. The number of fused-ring (bicyclic) bond motifs is 1. The number of hydrogen-bond donors (Lipinski definition) is 0. The molecule has 1 aliphatic rings. The van der Waals surface area contributed by atoms with Crippen molar-refractivity contribution in [3.63, 3.8) is 0 Å². The van der Waals surface area contributed by atoms with Crippen LogP contribution in [-0.2, 0) is 22.9 Å². The zero-order chi connectivity index (χ0) is 16.8. The Morgan fingerprint density at radius 1 is 1.17 bits per heavy atom. The molecule has 1 aromatic carbocycles. The Morgan fingerprint density at radius 3 is 2.43 bits per heavy atom. The average molecular weight is 339 g/mol. The van der Waals surface area contributed by atoms with Crippen molar-refractivity contribution in [2.24, 2.45) is 5.92 Å². The van der Waals surface area contributed by atoms with Gasteiger partial charge in [0.2, 0.25) is 5.92 Å². The summed E-state index contributed by atoms with van der Waals surface area (Å²) in [6.45, 7) is 2.78. The summed E-state index contributed by atoms with van der Waals surface area (Å²) in [6, 6.07) is 8.28. The molecule has 1 aliphatic carbocycles. The molecule has 0 N–H and O–H groups in total. The lowest BCUT2D eigenvalue weighted by Crippen LogP contribution is -2.31. The number of halogens is 2. The van der Waals surface area contributed by atoms with Crippen LogP contribution in [0.1, 0.15) is 30.2 Å². The van der Waals surface area contributed by atoms with Gasteiger partial charge in [0, 0.05) is 17.8 Å². The summed E-state index contributed by atoms with van der Waals surface area (Å²) in [6.07, 6.45) is 2.43. The second-order valence-electron chi connectivity index (χ2n) is 6.30. The maximum atomic E-state index is 13.6. The molecule has 0 amide bonds. The lowest BCUT2D eigenvalue weighted by atomic mass is 9.84. The molecule has 6 heteroatoms. The van der Waals surface area contributed by atoms with Gasteiger partial charge >= 0.3 is 0 Å². The van der Waals surface area contributed by atoms with E-state index in [2.05, 4.69) is 0 Å². The van der Waals surface area contributed by atoms with Crippen molar-refractivity contribution in [1.29, 1.82) is 0 Å². The summed E-state index contributed by atoms with van der Waals surface area (Å²) in [7, 11) is -3.75. The second-order valence-corrected chi connectivity index (χ2v) is 8.11. The van der Waals surface area contributed by atoms with Crippen molar-refractivity contribution in [2.75, 3.05) is 0 Å². The highest BCUT2D eigenvalue weighted by molar-refractivity contribution is 7.90. The van der Waals surface area contributed by atoms with Crippen molar-refractivity contribution in [2.45, 2.75) is 43.9 Å². The number of rotatable bonds is 3. The van der Waals surface area contributed by atoms with E-state index in [9.17, 15) is 17.2 Å². The van der Waals surface area contributed by atoms with Gasteiger partial charge in [0.25, 0.3) is 10.0 Å². The third kappa shape index (κ3) is 2.92. The zero-order valence-electron chi connectivity index (χ0n) is 13.1. The van der Waals surface area contributed by atoms with E-state index in [-0.39, 0.29) is 11.3 Å². The van der Waals surface area contributed by atoms with Crippen molar-refractivity contribution in [3.05, 3.63) is 53.3 Å².